The predicted octanol–water partition coefficient (Wildman–Crippen LogP) is 3.05. The first-order chi connectivity index (χ1) is 17.8. The van der Waals surface area contributed by atoms with Crippen molar-refractivity contribution in [2.75, 3.05) is 61.8 Å². The maximum atomic E-state index is 14.8. The van der Waals surface area contributed by atoms with Crippen molar-refractivity contribution in [3.05, 3.63) is 43.2 Å². The van der Waals surface area contributed by atoms with E-state index >= 15 is 0 Å². The van der Waals surface area contributed by atoms with Gasteiger partial charge in [0, 0.05) is 50.1 Å². The van der Waals surface area contributed by atoms with Gasteiger partial charge >= 0.3 is 0 Å². The van der Waals surface area contributed by atoms with Crippen LogP contribution in [0.5, 0.6) is 0 Å². The lowest BCUT2D eigenvalue weighted by molar-refractivity contribution is -0.125. The Kier molecular flexibility index (Phi) is 6.96. The standard InChI is InChI=1S/C26H34FN9O/c1-5-22(37)35-14-20(27)21(15-35)30-26-31-24(23-25(32-26)36(16-28-23)17(2)3)29-18-6-8-19(9-7-18)34-12-10-33(4)11-13-34/h5-9,16-17,20-21H,1,10-15H2,2-4H3,(H2,29,30,31,32)/t20-,21-/m1/s1. The van der Waals surface area contributed by atoms with Crippen molar-refractivity contribution in [1.82, 2.24) is 29.3 Å². The van der Waals surface area contributed by atoms with Crippen LogP contribution in [0.3, 0.4) is 0 Å². The average molecular weight is 508 g/mol. The Morgan fingerprint density at radius 3 is 2.54 bits per heavy atom. The summed E-state index contributed by atoms with van der Waals surface area (Å²) in [4.78, 5) is 32.0. The van der Waals surface area contributed by atoms with E-state index in [2.05, 4.69) is 61.1 Å². The van der Waals surface area contributed by atoms with Gasteiger partial charge in [-0.05, 0) is 51.2 Å². The first-order valence-electron chi connectivity index (χ1n) is 12.7. The zero-order valence-corrected chi connectivity index (χ0v) is 21.6. The number of hydrogen-bond donors (Lipinski definition) is 2. The molecule has 0 saturated carbocycles. The van der Waals surface area contributed by atoms with Crippen molar-refractivity contribution in [2.24, 2.45) is 0 Å². The fraction of sp³-hybridized carbons (Fsp3) is 0.462. The third kappa shape index (κ3) is 5.22. The number of nitrogens with zero attached hydrogens (tertiary/aromatic N) is 7. The number of piperazine rings is 1. The van der Waals surface area contributed by atoms with Crippen LogP contribution in [-0.4, -0.2) is 93.8 Å². The van der Waals surface area contributed by atoms with E-state index in [4.69, 9.17) is 0 Å². The average Bonchev–Trinajstić information content (AvgIpc) is 3.48. The van der Waals surface area contributed by atoms with E-state index in [1.807, 2.05) is 30.5 Å². The number of amides is 1. The zero-order valence-electron chi connectivity index (χ0n) is 21.6. The summed E-state index contributed by atoms with van der Waals surface area (Å²) in [7, 11) is 2.15. The van der Waals surface area contributed by atoms with Gasteiger partial charge in [-0.3, -0.25) is 4.79 Å². The summed E-state index contributed by atoms with van der Waals surface area (Å²) in [5.74, 6) is 0.530. The molecular formula is C26H34FN9O. The molecule has 4 heterocycles. The van der Waals surface area contributed by atoms with Crippen LogP contribution in [-0.2, 0) is 4.79 Å². The summed E-state index contributed by atoms with van der Waals surface area (Å²) in [6.45, 7) is 11.9. The van der Waals surface area contributed by atoms with E-state index in [0.29, 0.717) is 17.0 Å². The Bertz CT molecular complexity index is 1270. The predicted molar refractivity (Wildman–Crippen MR) is 144 cm³/mol. The smallest absolute Gasteiger partial charge is 0.246 e. The minimum Gasteiger partial charge on any atom is -0.369 e. The van der Waals surface area contributed by atoms with Crippen molar-refractivity contribution < 1.29 is 9.18 Å². The molecule has 2 aliphatic rings. The number of fused-ring (bicyclic) bond motifs is 1. The van der Waals surface area contributed by atoms with Crippen molar-refractivity contribution in [3.63, 3.8) is 0 Å². The summed E-state index contributed by atoms with van der Waals surface area (Å²) in [6, 6.07) is 7.78. The van der Waals surface area contributed by atoms with E-state index in [-0.39, 0.29) is 31.0 Å². The van der Waals surface area contributed by atoms with Gasteiger partial charge in [-0.1, -0.05) is 6.58 Å². The van der Waals surface area contributed by atoms with Gasteiger partial charge in [-0.2, -0.15) is 9.97 Å². The molecule has 2 fully saturated rings. The number of alkyl halides is 1. The number of hydrogen-bond acceptors (Lipinski definition) is 8. The summed E-state index contributed by atoms with van der Waals surface area (Å²) >= 11 is 0. The maximum absolute atomic E-state index is 14.8. The zero-order chi connectivity index (χ0) is 26.1. The highest BCUT2D eigenvalue weighted by Gasteiger charge is 2.35. The first-order valence-corrected chi connectivity index (χ1v) is 12.7. The number of likely N-dealkylation sites (N-methyl/N-ethyl adjacent to an activating group) is 1. The molecule has 0 unspecified atom stereocenters. The van der Waals surface area contributed by atoms with Crippen molar-refractivity contribution >= 4 is 40.2 Å². The fourth-order valence-electron chi connectivity index (χ4n) is 4.78. The van der Waals surface area contributed by atoms with Crippen LogP contribution < -0.4 is 15.5 Å². The second kappa shape index (κ2) is 10.3. The number of carbonyl (C=O) groups is 1. The number of nitrogens with one attached hydrogen (secondary N) is 2. The van der Waals surface area contributed by atoms with Crippen LogP contribution in [0.25, 0.3) is 11.2 Å². The van der Waals surface area contributed by atoms with Crippen molar-refractivity contribution in [3.8, 4) is 0 Å². The van der Waals surface area contributed by atoms with E-state index in [9.17, 15) is 9.18 Å². The number of rotatable bonds is 7. The summed E-state index contributed by atoms with van der Waals surface area (Å²) in [5.41, 5.74) is 3.34. The molecule has 11 heteroatoms. The molecule has 10 nitrogen and oxygen atoms in total. The minimum absolute atomic E-state index is 0.0133. The van der Waals surface area contributed by atoms with Gasteiger partial charge in [-0.15, -0.1) is 0 Å². The van der Waals surface area contributed by atoms with Gasteiger partial charge in [0.2, 0.25) is 11.9 Å². The Morgan fingerprint density at radius 1 is 1.14 bits per heavy atom. The molecule has 2 N–H and O–H groups in total. The highest BCUT2D eigenvalue weighted by atomic mass is 19.1. The van der Waals surface area contributed by atoms with Crippen LogP contribution in [0.2, 0.25) is 0 Å². The van der Waals surface area contributed by atoms with E-state index in [1.54, 1.807) is 6.33 Å². The number of likely N-dealkylation sites (tertiary alicyclic amines) is 1. The number of halogens is 1. The highest BCUT2D eigenvalue weighted by Crippen LogP contribution is 2.28. The van der Waals surface area contributed by atoms with Crippen LogP contribution >= 0.6 is 0 Å². The van der Waals surface area contributed by atoms with E-state index < -0.39 is 12.2 Å². The Balaban J connectivity index is 1.40. The van der Waals surface area contributed by atoms with Crippen LogP contribution in [0, 0.1) is 0 Å². The monoisotopic (exact) mass is 507 g/mol. The molecule has 0 radical (unpaired) electrons. The molecule has 1 amide bonds. The Labute approximate surface area is 216 Å². The molecular weight excluding hydrogens is 473 g/mol. The molecule has 2 atom stereocenters. The summed E-state index contributed by atoms with van der Waals surface area (Å²) < 4.78 is 16.7. The maximum Gasteiger partial charge on any atom is 0.246 e. The lowest BCUT2D eigenvalue weighted by Crippen LogP contribution is -2.44. The molecule has 196 valence electrons. The molecule has 5 rings (SSSR count). The Hall–Kier alpha value is -3.73. The second-order valence-corrected chi connectivity index (χ2v) is 9.99. The summed E-state index contributed by atoms with van der Waals surface area (Å²) in [5, 5.41) is 6.50. The largest absolute Gasteiger partial charge is 0.369 e. The van der Waals surface area contributed by atoms with Crippen molar-refractivity contribution in [1.29, 1.82) is 0 Å². The topological polar surface area (TPSA) is 94.5 Å². The van der Waals surface area contributed by atoms with Crippen molar-refractivity contribution in [2.45, 2.75) is 32.1 Å². The molecule has 1 aromatic carbocycles. The summed E-state index contributed by atoms with van der Waals surface area (Å²) in [6.07, 6.45) is 1.71. The lowest BCUT2D eigenvalue weighted by atomic mass is 10.2. The highest BCUT2D eigenvalue weighted by molar-refractivity contribution is 5.88. The lowest BCUT2D eigenvalue weighted by Gasteiger charge is -2.34. The fourth-order valence-corrected chi connectivity index (χ4v) is 4.78. The first kappa shape index (κ1) is 24.9. The SMILES string of the molecule is C=CC(=O)N1C[C@@H](F)[C@H](Nc2nc(Nc3ccc(N4CCN(C)CC4)cc3)c3ncn(C(C)C)c3n2)C1. The van der Waals surface area contributed by atoms with Gasteiger partial charge in [0.1, 0.15) is 6.17 Å². The normalized spacial score (nSPS) is 20.6. The van der Waals surface area contributed by atoms with Gasteiger partial charge in [0.05, 0.1) is 18.9 Å². The van der Waals surface area contributed by atoms with E-state index in [0.717, 1.165) is 31.9 Å². The molecule has 0 aliphatic carbocycles. The Morgan fingerprint density at radius 2 is 1.86 bits per heavy atom. The number of carbonyl (C=O) groups excluding carboxylic acids is 1. The van der Waals surface area contributed by atoms with Gasteiger partial charge in [0.25, 0.3) is 0 Å². The number of aromatic nitrogens is 4. The molecule has 0 spiro atoms. The quantitative estimate of drug-likeness (QED) is 0.472. The second-order valence-electron chi connectivity index (χ2n) is 9.99. The molecule has 0 bridgehead atoms. The van der Waals surface area contributed by atoms with Gasteiger partial charge < -0.3 is 29.9 Å². The number of anilines is 4. The third-order valence-corrected chi connectivity index (χ3v) is 7.03. The van der Waals surface area contributed by atoms with Gasteiger partial charge in [-0.25, -0.2) is 9.37 Å². The molecule has 2 aromatic heterocycles. The number of imidazole rings is 1. The van der Waals surface area contributed by atoms with Crippen LogP contribution in [0.15, 0.2) is 43.2 Å². The molecule has 3 aromatic rings. The number of benzene rings is 1. The van der Waals surface area contributed by atoms with E-state index in [1.165, 1.54) is 16.7 Å². The molecule has 37 heavy (non-hydrogen) atoms. The minimum atomic E-state index is -1.24. The third-order valence-electron chi connectivity index (χ3n) is 7.03. The molecule has 2 aliphatic heterocycles. The molecule has 2 saturated heterocycles. The van der Waals surface area contributed by atoms with Crippen LogP contribution in [0.1, 0.15) is 19.9 Å². The van der Waals surface area contributed by atoms with Crippen LogP contribution in [0.4, 0.5) is 27.5 Å². The van der Waals surface area contributed by atoms with Gasteiger partial charge in [0.15, 0.2) is 17.0 Å².